The van der Waals surface area contributed by atoms with Gasteiger partial charge in [0.05, 0.1) is 10.6 Å². The molecule has 0 aliphatic carbocycles. The van der Waals surface area contributed by atoms with E-state index in [1.54, 1.807) is 24.4 Å². The van der Waals surface area contributed by atoms with Gasteiger partial charge in [0.1, 0.15) is 11.6 Å². The zero-order valence-electron chi connectivity index (χ0n) is 14.0. The van der Waals surface area contributed by atoms with Gasteiger partial charge in [0.25, 0.3) is 5.91 Å². The van der Waals surface area contributed by atoms with Crippen molar-refractivity contribution in [2.45, 2.75) is 25.7 Å². The Kier molecular flexibility index (Phi) is 5.87. The Labute approximate surface area is 152 Å². The highest BCUT2D eigenvalue weighted by Gasteiger charge is 2.19. The number of rotatable bonds is 5. The molecule has 1 saturated heterocycles. The number of halogens is 2. The molecule has 1 fully saturated rings. The Morgan fingerprint density at radius 3 is 2.72 bits per heavy atom. The molecule has 2 heterocycles. The predicted molar refractivity (Wildman–Crippen MR) is 97.6 cm³/mol. The van der Waals surface area contributed by atoms with E-state index in [1.807, 2.05) is 11.0 Å². The van der Waals surface area contributed by atoms with Crippen molar-refractivity contribution in [1.82, 2.24) is 9.88 Å². The molecule has 1 aliphatic heterocycles. The number of aromatic nitrogens is 1. The van der Waals surface area contributed by atoms with E-state index in [0.717, 1.165) is 25.9 Å². The molecule has 0 bridgehead atoms. The lowest BCUT2D eigenvalue weighted by Crippen LogP contribution is -2.35. The average Bonchev–Trinajstić information content (AvgIpc) is 2.64. The lowest BCUT2D eigenvalue weighted by molar-refractivity contribution is 0.0724. The molecule has 1 N–H and O–H groups in total. The lowest BCUT2D eigenvalue weighted by Gasteiger charge is -2.26. The molecule has 25 heavy (non-hydrogen) atoms. The van der Waals surface area contributed by atoms with Crippen molar-refractivity contribution < 1.29 is 9.18 Å². The maximum absolute atomic E-state index is 13.6. The maximum Gasteiger partial charge on any atom is 0.255 e. The van der Waals surface area contributed by atoms with E-state index in [0.29, 0.717) is 34.9 Å². The predicted octanol–water partition coefficient (Wildman–Crippen LogP) is 4.15. The minimum absolute atomic E-state index is 0.0213. The highest BCUT2D eigenvalue weighted by molar-refractivity contribution is 6.33. The van der Waals surface area contributed by atoms with E-state index in [2.05, 4.69) is 10.3 Å². The highest BCUT2D eigenvalue weighted by atomic mass is 35.5. The number of carbonyl (C=O) groups excluding carboxylic acids is 1. The van der Waals surface area contributed by atoms with Crippen LogP contribution in [0.1, 0.15) is 35.2 Å². The van der Waals surface area contributed by atoms with Crippen molar-refractivity contribution in [1.29, 1.82) is 0 Å². The minimum Gasteiger partial charge on any atom is -0.369 e. The van der Waals surface area contributed by atoms with Crippen LogP contribution in [-0.2, 0) is 6.42 Å². The van der Waals surface area contributed by atoms with Gasteiger partial charge >= 0.3 is 0 Å². The average molecular weight is 362 g/mol. The quantitative estimate of drug-likeness (QED) is 0.869. The number of hydrogen-bond donors (Lipinski definition) is 1. The SMILES string of the molecule is O=C(c1cnc(NCCc2ccccc2F)c(Cl)c1)N1CCCCC1. The second-order valence-corrected chi connectivity index (χ2v) is 6.58. The summed E-state index contributed by atoms with van der Waals surface area (Å²) in [5, 5.41) is 3.50. The van der Waals surface area contributed by atoms with Crippen molar-refractivity contribution in [3.63, 3.8) is 0 Å². The van der Waals surface area contributed by atoms with Gasteiger partial charge in [-0.1, -0.05) is 29.8 Å². The van der Waals surface area contributed by atoms with E-state index in [-0.39, 0.29) is 11.7 Å². The van der Waals surface area contributed by atoms with Crippen LogP contribution in [0.5, 0.6) is 0 Å². The van der Waals surface area contributed by atoms with Crippen LogP contribution in [0.3, 0.4) is 0 Å². The van der Waals surface area contributed by atoms with Crippen LogP contribution in [0, 0.1) is 5.82 Å². The van der Waals surface area contributed by atoms with E-state index >= 15 is 0 Å². The zero-order chi connectivity index (χ0) is 17.6. The van der Waals surface area contributed by atoms with Crippen LogP contribution in [0.2, 0.25) is 5.02 Å². The topological polar surface area (TPSA) is 45.2 Å². The van der Waals surface area contributed by atoms with Crippen molar-refractivity contribution in [2.24, 2.45) is 0 Å². The summed E-state index contributed by atoms with van der Waals surface area (Å²) in [6.07, 6.45) is 5.34. The Bertz CT molecular complexity index is 747. The first-order valence-corrected chi connectivity index (χ1v) is 8.95. The number of piperidine rings is 1. The maximum atomic E-state index is 13.6. The second-order valence-electron chi connectivity index (χ2n) is 6.18. The van der Waals surface area contributed by atoms with E-state index in [4.69, 9.17) is 11.6 Å². The number of nitrogens with zero attached hydrogens (tertiary/aromatic N) is 2. The summed E-state index contributed by atoms with van der Waals surface area (Å²) in [4.78, 5) is 18.6. The first-order chi connectivity index (χ1) is 12.1. The highest BCUT2D eigenvalue weighted by Crippen LogP contribution is 2.22. The third-order valence-electron chi connectivity index (χ3n) is 4.38. The molecule has 1 aliphatic rings. The van der Waals surface area contributed by atoms with Gasteiger partial charge < -0.3 is 10.2 Å². The van der Waals surface area contributed by atoms with Crippen LogP contribution >= 0.6 is 11.6 Å². The molecule has 0 saturated carbocycles. The number of carbonyl (C=O) groups is 1. The summed E-state index contributed by atoms with van der Waals surface area (Å²) < 4.78 is 13.6. The van der Waals surface area contributed by atoms with Crippen molar-refractivity contribution in [3.05, 3.63) is 58.5 Å². The molecule has 0 unspecified atom stereocenters. The van der Waals surface area contributed by atoms with Gasteiger partial charge in [-0.2, -0.15) is 0 Å². The Morgan fingerprint density at radius 1 is 1.24 bits per heavy atom. The van der Waals surface area contributed by atoms with Crippen LogP contribution < -0.4 is 5.32 Å². The third kappa shape index (κ3) is 4.48. The molecule has 3 rings (SSSR count). The normalized spacial score (nSPS) is 14.4. The van der Waals surface area contributed by atoms with Crippen LogP contribution in [0.25, 0.3) is 0 Å². The number of benzene rings is 1. The standard InChI is InChI=1S/C19H21ClFN3O/c20-16-12-15(19(25)24-10-4-1-5-11-24)13-23-18(16)22-9-8-14-6-2-3-7-17(14)21/h2-3,6-7,12-13H,1,4-5,8-11H2,(H,22,23). The summed E-state index contributed by atoms with van der Waals surface area (Å²) >= 11 is 6.26. The molecule has 1 aromatic heterocycles. The molecule has 0 atom stereocenters. The van der Waals surface area contributed by atoms with E-state index in [9.17, 15) is 9.18 Å². The first kappa shape index (κ1) is 17.7. The molecule has 132 valence electrons. The molecule has 0 spiro atoms. The van der Waals surface area contributed by atoms with Crippen molar-refractivity contribution in [2.75, 3.05) is 25.0 Å². The number of nitrogens with one attached hydrogen (secondary N) is 1. The summed E-state index contributed by atoms with van der Waals surface area (Å²) in [6, 6.07) is 8.33. The molecule has 0 radical (unpaired) electrons. The smallest absolute Gasteiger partial charge is 0.255 e. The summed E-state index contributed by atoms with van der Waals surface area (Å²) in [5.41, 5.74) is 1.15. The molecule has 2 aromatic rings. The minimum atomic E-state index is -0.217. The number of hydrogen-bond acceptors (Lipinski definition) is 3. The zero-order valence-corrected chi connectivity index (χ0v) is 14.7. The summed E-state index contributed by atoms with van der Waals surface area (Å²) in [6.45, 7) is 2.09. The number of likely N-dealkylation sites (tertiary alicyclic amines) is 1. The fourth-order valence-electron chi connectivity index (χ4n) is 2.98. The number of pyridine rings is 1. The van der Waals surface area contributed by atoms with Gasteiger partial charge in [0.2, 0.25) is 0 Å². The van der Waals surface area contributed by atoms with E-state index < -0.39 is 0 Å². The first-order valence-electron chi connectivity index (χ1n) is 8.57. The fraction of sp³-hybridized carbons (Fsp3) is 0.368. The largest absolute Gasteiger partial charge is 0.369 e. The number of amides is 1. The monoisotopic (exact) mass is 361 g/mol. The van der Waals surface area contributed by atoms with Gasteiger partial charge in [-0.25, -0.2) is 9.37 Å². The summed E-state index contributed by atoms with van der Waals surface area (Å²) in [7, 11) is 0. The summed E-state index contributed by atoms with van der Waals surface area (Å²) in [5.74, 6) is 0.269. The van der Waals surface area contributed by atoms with Crippen molar-refractivity contribution in [3.8, 4) is 0 Å². The lowest BCUT2D eigenvalue weighted by atomic mass is 10.1. The second kappa shape index (κ2) is 8.30. The van der Waals surface area contributed by atoms with Crippen LogP contribution in [-0.4, -0.2) is 35.4 Å². The molecular weight excluding hydrogens is 341 g/mol. The van der Waals surface area contributed by atoms with Gasteiger partial charge in [-0.05, 0) is 43.4 Å². The Morgan fingerprint density at radius 2 is 2.00 bits per heavy atom. The van der Waals surface area contributed by atoms with E-state index in [1.165, 1.54) is 12.5 Å². The molecular formula is C19H21ClFN3O. The molecule has 4 nitrogen and oxygen atoms in total. The van der Waals surface area contributed by atoms with Gasteiger partial charge in [-0.3, -0.25) is 4.79 Å². The Balaban J connectivity index is 1.60. The van der Waals surface area contributed by atoms with Crippen LogP contribution in [0.15, 0.2) is 36.5 Å². The van der Waals surface area contributed by atoms with Crippen LogP contribution in [0.4, 0.5) is 10.2 Å². The molecule has 6 heteroatoms. The molecule has 1 aromatic carbocycles. The Hall–Kier alpha value is -2.14. The van der Waals surface area contributed by atoms with Gasteiger partial charge in [0, 0.05) is 25.8 Å². The van der Waals surface area contributed by atoms with Crippen molar-refractivity contribution >= 4 is 23.3 Å². The third-order valence-corrected chi connectivity index (χ3v) is 4.66. The van der Waals surface area contributed by atoms with Gasteiger partial charge in [-0.15, -0.1) is 0 Å². The number of anilines is 1. The molecule has 1 amide bonds. The van der Waals surface area contributed by atoms with Gasteiger partial charge in [0.15, 0.2) is 0 Å². The fourth-order valence-corrected chi connectivity index (χ4v) is 3.21.